The zero-order valence-electron chi connectivity index (χ0n) is 14.0. The lowest BCUT2D eigenvalue weighted by molar-refractivity contribution is 0.0490. The minimum atomic E-state index is -0.565. The number of carbonyl (C=O) groups is 2. The molecule has 1 aromatic carbocycles. The zero-order chi connectivity index (χ0) is 17.0. The second kappa shape index (κ2) is 6.89. The highest BCUT2D eigenvalue weighted by atomic mass is 16.6. The van der Waals surface area contributed by atoms with Gasteiger partial charge >= 0.3 is 12.1 Å². The fourth-order valence-electron chi connectivity index (χ4n) is 2.39. The zero-order valence-corrected chi connectivity index (χ0v) is 14.0. The molecule has 0 aromatic heterocycles. The Labute approximate surface area is 136 Å². The van der Waals surface area contributed by atoms with Gasteiger partial charge in [0.2, 0.25) is 0 Å². The van der Waals surface area contributed by atoms with Crippen LogP contribution in [-0.2, 0) is 9.47 Å². The number of fused-ring (bicyclic) bond motifs is 1. The molecule has 23 heavy (non-hydrogen) atoms. The molecule has 0 unspecified atom stereocenters. The van der Waals surface area contributed by atoms with Gasteiger partial charge in [-0.3, -0.25) is 0 Å². The molecule has 1 aliphatic rings. The third kappa shape index (κ3) is 4.37. The van der Waals surface area contributed by atoms with Crippen LogP contribution in [0.25, 0.3) is 0 Å². The van der Waals surface area contributed by atoms with Crippen LogP contribution in [0.1, 0.15) is 56.1 Å². The van der Waals surface area contributed by atoms with E-state index in [9.17, 15) is 9.59 Å². The molecule has 0 aliphatic carbocycles. The summed E-state index contributed by atoms with van der Waals surface area (Å²) in [5.41, 5.74) is 0.568. The molecule has 1 aromatic rings. The first-order chi connectivity index (χ1) is 10.8. The second-order valence-electron chi connectivity index (χ2n) is 6.28. The number of esters is 1. The lowest BCUT2D eigenvalue weighted by Crippen LogP contribution is -2.37. The summed E-state index contributed by atoms with van der Waals surface area (Å²) >= 11 is 0. The number of hydrogen-bond acceptors (Lipinski definition) is 5. The Morgan fingerprint density at radius 3 is 2.74 bits per heavy atom. The summed E-state index contributed by atoms with van der Waals surface area (Å²) in [6.07, 6.45) is 0.121. The van der Waals surface area contributed by atoms with E-state index >= 15 is 0 Å². The number of alkyl carbamates (subject to hydrolysis) is 1. The van der Waals surface area contributed by atoms with Crippen molar-refractivity contribution in [2.75, 3.05) is 13.2 Å². The molecule has 0 radical (unpaired) electrons. The van der Waals surface area contributed by atoms with Gasteiger partial charge in [-0.15, -0.1) is 0 Å². The second-order valence-corrected chi connectivity index (χ2v) is 6.28. The third-order valence-corrected chi connectivity index (χ3v) is 3.26. The predicted octanol–water partition coefficient (Wildman–Crippen LogP) is 3.21. The van der Waals surface area contributed by atoms with Crippen LogP contribution < -0.4 is 10.1 Å². The number of nitrogens with one attached hydrogen (secondary N) is 1. The summed E-state index contributed by atoms with van der Waals surface area (Å²) in [5.74, 6) is 0.0422. The van der Waals surface area contributed by atoms with Crippen molar-refractivity contribution in [1.82, 2.24) is 5.32 Å². The van der Waals surface area contributed by atoms with E-state index in [2.05, 4.69) is 5.32 Å². The van der Waals surface area contributed by atoms with Gasteiger partial charge in [0.05, 0.1) is 19.3 Å². The number of ether oxygens (including phenoxy) is 3. The van der Waals surface area contributed by atoms with E-state index in [1.165, 1.54) is 0 Å². The molecule has 0 bridgehead atoms. The maximum Gasteiger partial charge on any atom is 0.408 e. The van der Waals surface area contributed by atoms with Crippen molar-refractivity contribution in [3.8, 4) is 5.75 Å². The Morgan fingerprint density at radius 1 is 1.35 bits per heavy atom. The van der Waals surface area contributed by atoms with Crippen molar-refractivity contribution in [1.29, 1.82) is 0 Å². The third-order valence-electron chi connectivity index (χ3n) is 3.26. The van der Waals surface area contributed by atoms with Crippen LogP contribution in [0.5, 0.6) is 5.75 Å². The number of rotatable bonds is 3. The van der Waals surface area contributed by atoms with Crippen molar-refractivity contribution in [3.63, 3.8) is 0 Å². The van der Waals surface area contributed by atoms with Gasteiger partial charge in [-0.1, -0.05) is 12.1 Å². The highest BCUT2D eigenvalue weighted by Crippen LogP contribution is 2.35. The molecular formula is C17H23NO5. The summed E-state index contributed by atoms with van der Waals surface area (Å²) < 4.78 is 16.0. The Bertz CT molecular complexity index is 591. The first kappa shape index (κ1) is 17.1. The van der Waals surface area contributed by atoms with Gasteiger partial charge in [-0.05, 0) is 33.8 Å². The van der Waals surface area contributed by atoms with Crippen molar-refractivity contribution in [2.24, 2.45) is 0 Å². The van der Waals surface area contributed by atoms with Gasteiger partial charge in [-0.2, -0.15) is 0 Å². The molecule has 6 nitrogen and oxygen atoms in total. The molecule has 1 amide bonds. The summed E-state index contributed by atoms with van der Waals surface area (Å²) in [4.78, 5) is 24.0. The number of amides is 1. The van der Waals surface area contributed by atoms with Gasteiger partial charge in [0.1, 0.15) is 16.9 Å². The first-order valence-corrected chi connectivity index (χ1v) is 7.74. The Balaban J connectivity index is 2.21. The van der Waals surface area contributed by atoms with Crippen molar-refractivity contribution in [2.45, 2.75) is 45.8 Å². The molecule has 0 saturated carbocycles. The maximum absolute atomic E-state index is 12.0. The lowest BCUT2D eigenvalue weighted by atomic mass is 9.97. The van der Waals surface area contributed by atoms with E-state index in [-0.39, 0.29) is 6.04 Å². The molecule has 1 heterocycles. The van der Waals surface area contributed by atoms with Crippen molar-refractivity contribution in [3.05, 3.63) is 29.3 Å². The summed E-state index contributed by atoms with van der Waals surface area (Å²) in [6, 6.07) is 4.98. The largest absolute Gasteiger partial charge is 0.492 e. The van der Waals surface area contributed by atoms with Gasteiger partial charge < -0.3 is 19.5 Å². The van der Waals surface area contributed by atoms with Crippen LogP contribution in [0.2, 0.25) is 0 Å². The fourth-order valence-corrected chi connectivity index (χ4v) is 2.39. The van der Waals surface area contributed by atoms with Crippen LogP contribution in [0, 0.1) is 0 Å². The van der Waals surface area contributed by atoms with E-state index < -0.39 is 17.7 Å². The van der Waals surface area contributed by atoms with Crippen molar-refractivity contribution >= 4 is 12.1 Å². The lowest BCUT2D eigenvalue weighted by Gasteiger charge is -2.29. The molecule has 126 valence electrons. The molecule has 2 rings (SSSR count). The molecule has 1 aliphatic heterocycles. The molecule has 0 spiro atoms. The highest BCUT2D eigenvalue weighted by molar-refractivity contribution is 5.93. The number of carbonyl (C=O) groups excluding carboxylic acids is 2. The monoisotopic (exact) mass is 321 g/mol. The highest BCUT2D eigenvalue weighted by Gasteiger charge is 2.28. The predicted molar refractivity (Wildman–Crippen MR) is 84.6 cm³/mol. The number of hydrogen-bond donors (Lipinski definition) is 1. The molecule has 0 saturated heterocycles. The Kier molecular flexibility index (Phi) is 5.13. The minimum absolute atomic E-state index is 0.261. The van der Waals surface area contributed by atoms with E-state index in [4.69, 9.17) is 14.2 Å². The molecule has 1 atom stereocenters. The van der Waals surface area contributed by atoms with E-state index in [1.54, 1.807) is 19.1 Å². The van der Waals surface area contributed by atoms with E-state index in [0.29, 0.717) is 30.9 Å². The average Bonchev–Trinajstić information content (AvgIpc) is 2.45. The van der Waals surface area contributed by atoms with Gasteiger partial charge in [-0.25, -0.2) is 9.59 Å². The quantitative estimate of drug-likeness (QED) is 0.865. The Morgan fingerprint density at radius 2 is 2.09 bits per heavy atom. The van der Waals surface area contributed by atoms with Crippen LogP contribution in [0.15, 0.2) is 18.2 Å². The summed E-state index contributed by atoms with van der Waals surface area (Å²) in [7, 11) is 0. The van der Waals surface area contributed by atoms with Gasteiger partial charge in [0, 0.05) is 12.0 Å². The summed E-state index contributed by atoms with van der Waals surface area (Å²) in [5, 5.41) is 2.84. The molecule has 1 N–H and O–H groups in total. The minimum Gasteiger partial charge on any atom is -0.492 e. The van der Waals surface area contributed by atoms with Crippen LogP contribution in [-0.4, -0.2) is 30.9 Å². The normalized spacial score (nSPS) is 16.8. The van der Waals surface area contributed by atoms with E-state index in [0.717, 1.165) is 5.56 Å². The maximum atomic E-state index is 12.0. The fraction of sp³-hybridized carbons (Fsp3) is 0.529. The van der Waals surface area contributed by atoms with E-state index in [1.807, 2.05) is 26.8 Å². The van der Waals surface area contributed by atoms with Gasteiger partial charge in [0.25, 0.3) is 0 Å². The smallest absolute Gasteiger partial charge is 0.408 e. The van der Waals surface area contributed by atoms with Crippen LogP contribution >= 0.6 is 0 Å². The molecule has 6 heteroatoms. The number of para-hydroxylation sites is 1. The Hall–Kier alpha value is -2.24. The van der Waals surface area contributed by atoms with Crippen LogP contribution in [0.4, 0.5) is 4.79 Å². The first-order valence-electron chi connectivity index (χ1n) is 7.74. The summed E-state index contributed by atoms with van der Waals surface area (Å²) in [6.45, 7) is 7.88. The van der Waals surface area contributed by atoms with Crippen molar-refractivity contribution < 1.29 is 23.8 Å². The number of benzene rings is 1. The average molecular weight is 321 g/mol. The van der Waals surface area contributed by atoms with Crippen LogP contribution in [0.3, 0.4) is 0 Å². The molecular weight excluding hydrogens is 298 g/mol. The topological polar surface area (TPSA) is 73.9 Å². The standard InChI is InChI=1S/C17H23NO5/c1-5-21-15(19)12-8-6-7-11-13(9-10-22-14(11)12)18-16(20)23-17(2,3)4/h6-8,13H,5,9-10H2,1-4H3,(H,18,20)/t13-/m0/s1. The SMILES string of the molecule is CCOC(=O)c1cccc2c1OCC[C@@H]2NC(=O)OC(C)(C)C. The molecule has 0 fully saturated rings. The van der Waals surface area contributed by atoms with Gasteiger partial charge in [0.15, 0.2) is 0 Å².